The maximum absolute atomic E-state index is 5.38. The molecule has 1 aliphatic heterocycles. The summed E-state index contributed by atoms with van der Waals surface area (Å²) < 4.78 is 5.38. The lowest BCUT2D eigenvalue weighted by Gasteiger charge is -2.38. The number of hydrogen-bond donors (Lipinski definition) is 1. The van der Waals surface area contributed by atoms with Gasteiger partial charge < -0.3 is 10.1 Å². The summed E-state index contributed by atoms with van der Waals surface area (Å²) in [5, 5.41) is 3.49. The standard InChI is InChI=1S/C12H26N2O/c1-5-13-10(2)11(3)14-8-6-12(15-4)7-9-14/h10-13H,5-9H2,1-4H3. The molecule has 1 fully saturated rings. The molecular weight excluding hydrogens is 188 g/mol. The second-order valence-corrected chi connectivity index (χ2v) is 4.56. The number of rotatable bonds is 5. The average Bonchev–Trinajstić information content (AvgIpc) is 2.28. The van der Waals surface area contributed by atoms with Crippen LogP contribution in [-0.4, -0.2) is 49.8 Å². The number of likely N-dealkylation sites (N-methyl/N-ethyl adjacent to an activating group) is 1. The van der Waals surface area contributed by atoms with Crippen LogP contribution >= 0.6 is 0 Å². The molecule has 2 atom stereocenters. The van der Waals surface area contributed by atoms with E-state index in [2.05, 4.69) is 31.0 Å². The van der Waals surface area contributed by atoms with Gasteiger partial charge in [0.25, 0.3) is 0 Å². The average molecular weight is 214 g/mol. The number of nitrogens with zero attached hydrogens (tertiary/aromatic N) is 1. The van der Waals surface area contributed by atoms with E-state index in [1.165, 1.54) is 25.9 Å². The molecule has 0 aromatic heterocycles. The highest BCUT2D eigenvalue weighted by atomic mass is 16.5. The van der Waals surface area contributed by atoms with Gasteiger partial charge in [-0.25, -0.2) is 0 Å². The van der Waals surface area contributed by atoms with Gasteiger partial charge in [-0.3, -0.25) is 4.90 Å². The molecule has 1 heterocycles. The SMILES string of the molecule is CCNC(C)C(C)N1CCC(OC)CC1. The first-order valence-corrected chi connectivity index (χ1v) is 6.19. The third-order valence-corrected chi connectivity index (χ3v) is 3.64. The second-order valence-electron chi connectivity index (χ2n) is 4.56. The lowest BCUT2D eigenvalue weighted by molar-refractivity contribution is 0.0250. The molecule has 0 amide bonds. The molecule has 0 saturated carbocycles. The van der Waals surface area contributed by atoms with E-state index in [0.29, 0.717) is 18.2 Å². The van der Waals surface area contributed by atoms with Crippen molar-refractivity contribution >= 4 is 0 Å². The first kappa shape index (κ1) is 12.9. The van der Waals surface area contributed by atoms with Gasteiger partial charge in [0, 0.05) is 32.3 Å². The number of likely N-dealkylation sites (tertiary alicyclic amines) is 1. The summed E-state index contributed by atoms with van der Waals surface area (Å²) in [4.78, 5) is 2.57. The molecule has 0 radical (unpaired) electrons. The van der Waals surface area contributed by atoms with Crippen molar-refractivity contribution in [1.82, 2.24) is 10.2 Å². The molecule has 0 aromatic carbocycles. The molecule has 0 aliphatic carbocycles. The molecular formula is C12H26N2O. The van der Waals surface area contributed by atoms with Gasteiger partial charge in [-0.05, 0) is 33.2 Å². The summed E-state index contributed by atoms with van der Waals surface area (Å²) in [5.41, 5.74) is 0. The fraction of sp³-hybridized carbons (Fsp3) is 1.00. The van der Waals surface area contributed by atoms with Crippen LogP contribution in [0.15, 0.2) is 0 Å². The zero-order valence-electron chi connectivity index (χ0n) is 10.6. The first-order valence-electron chi connectivity index (χ1n) is 6.19. The summed E-state index contributed by atoms with van der Waals surface area (Å²) in [6.07, 6.45) is 2.85. The topological polar surface area (TPSA) is 24.5 Å². The minimum atomic E-state index is 0.489. The highest BCUT2D eigenvalue weighted by molar-refractivity contribution is 4.82. The van der Waals surface area contributed by atoms with Crippen molar-refractivity contribution in [1.29, 1.82) is 0 Å². The minimum Gasteiger partial charge on any atom is -0.381 e. The van der Waals surface area contributed by atoms with Gasteiger partial charge in [0.1, 0.15) is 0 Å². The number of piperidine rings is 1. The van der Waals surface area contributed by atoms with Crippen molar-refractivity contribution < 1.29 is 4.74 Å². The maximum Gasteiger partial charge on any atom is 0.0595 e. The summed E-state index contributed by atoms with van der Waals surface area (Å²) in [7, 11) is 1.82. The van der Waals surface area contributed by atoms with E-state index in [9.17, 15) is 0 Å². The van der Waals surface area contributed by atoms with Crippen LogP contribution in [0.5, 0.6) is 0 Å². The van der Waals surface area contributed by atoms with E-state index in [4.69, 9.17) is 4.74 Å². The Labute approximate surface area is 94.2 Å². The first-order chi connectivity index (χ1) is 7.19. The van der Waals surface area contributed by atoms with Crippen molar-refractivity contribution in [3.05, 3.63) is 0 Å². The summed E-state index contributed by atoms with van der Waals surface area (Å²) >= 11 is 0. The molecule has 1 saturated heterocycles. The Morgan fingerprint density at radius 3 is 2.40 bits per heavy atom. The van der Waals surface area contributed by atoms with Crippen LogP contribution in [0.1, 0.15) is 33.6 Å². The van der Waals surface area contributed by atoms with E-state index in [-0.39, 0.29) is 0 Å². The highest BCUT2D eigenvalue weighted by Gasteiger charge is 2.24. The predicted octanol–water partition coefficient (Wildman–Crippen LogP) is 1.48. The number of nitrogens with one attached hydrogen (secondary N) is 1. The van der Waals surface area contributed by atoms with E-state index >= 15 is 0 Å². The largest absolute Gasteiger partial charge is 0.381 e. The molecule has 1 aliphatic rings. The summed E-state index contributed by atoms with van der Waals surface area (Å²) in [5.74, 6) is 0. The summed E-state index contributed by atoms with van der Waals surface area (Å²) in [6.45, 7) is 10.2. The van der Waals surface area contributed by atoms with Crippen LogP contribution in [0, 0.1) is 0 Å². The number of methoxy groups -OCH3 is 1. The number of hydrogen-bond acceptors (Lipinski definition) is 3. The van der Waals surface area contributed by atoms with Gasteiger partial charge in [0.15, 0.2) is 0 Å². The van der Waals surface area contributed by atoms with Crippen LogP contribution in [0.3, 0.4) is 0 Å². The van der Waals surface area contributed by atoms with Crippen LogP contribution in [0.2, 0.25) is 0 Å². The smallest absolute Gasteiger partial charge is 0.0595 e. The Morgan fingerprint density at radius 1 is 1.33 bits per heavy atom. The molecule has 0 aromatic rings. The molecule has 3 nitrogen and oxygen atoms in total. The van der Waals surface area contributed by atoms with E-state index in [1.54, 1.807) is 0 Å². The van der Waals surface area contributed by atoms with Gasteiger partial charge in [-0.15, -0.1) is 0 Å². The number of ether oxygens (including phenoxy) is 1. The summed E-state index contributed by atoms with van der Waals surface area (Å²) in [6, 6.07) is 1.21. The second kappa shape index (κ2) is 6.46. The van der Waals surface area contributed by atoms with E-state index in [1.807, 2.05) is 7.11 Å². The molecule has 1 rings (SSSR count). The third-order valence-electron chi connectivity index (χ3n) is 3.64. The molecule has 2 unspecified atom stereocenters. The van der Waals surface area contributed by atoms with Gasteiger partial charge >= 0.3 is 0 Å². The van der Waals surface area contributed by atoms with Crippen LogP contribution < -0.4 is 5.32 Å². The normalized spacial score (nSPS) is 24.0. The Bertz CT molecular complexity index is 167. The molecule has 90 valence electrons. The fourth-order valence-electron chi connectivity index (χ4n) is 2.33. The highest BCUT2D eigenvalue weighted by Crippen LogP contribution is 2.16. The van der Waals surface area contributed by atoms with Gasteiger partial charge in [0.05, 0.1) is 6.10 Å². The van der Waals surface area contributed by atoms with Crippen molar-refractivity contribution in [2.24, 2.45) is 0 Å². The van der Waals surface area contributed by atoms with Crippen molar-refractivity contribution in [2.75, 3.05) is 26.7 Å². The lowest BCUT2D eigenvalue weighted by atomic mass is 10.0. The lowest BCUT2D eigenvalue weighted by Crippen LogP contribution is -2.50. The fourth-order valence-corrected chi connectivity index (χ4v) is 2.33. The molecule has 15 heavy (non-hydrogen) atoms. The Balaban J connectivity index is 2.32. The van der Waals surface area contributed by atoms with Crippen LogP contribution in [0.25, 0.3) is 0 Å². The molecule has 0 bridgehead atoms. The van der Waals surface area contributed by atoms with Gasteiger partial charge in [-0.1, -0.05) is 6.92 Å². The Hall–Kier alpha value is -0.120. The van der Waals surface area contributed by atoms with Crippen molar-refractivity contribution in [2.45, 2.75) is 51.8 Å². The van der Waals surface area contributed by atoms with E-state index < -0.39 is 0 Å². The molecule has 3 heteroatoms. The van der Waals surface area contributed by atoms with E-state index in [0.717, 1.165) is 6.54 Å². The maximum atomic E-state index is 5.38. The van der Waals surface area contributed by atoms with Crippen LogP contribution in [0.4, 0.5) is 0 Å². The zero-order valence-corrected chi connectivity index (χ0v) is 10.6. The van der Waals surface area contributed by atoms with Crippen molar-refractivity contribution in [3.8, 4) is 0 Å². The molecule has 1 N–H and O–H groups in total. The predicted molar refractivity (Wildman–Crippen MR) is 64.2 cm³/mol. The third kappa shape index (κ3) is 3.74. The monoisotopic (exact) mass is 214 g/mol. The van der Waals surface area contributed by atoms with Crippen molar-refractivity contribution in [3.63, 3.8) is 0 Å². The quantitative estimate of drug-likeness (QED) is 0.750. The molecule has 0 spiro atoms. The van der Waals surface area contributed by atoms with Gasteiger partial charge in [0.2, 0.25) is 0 Å². The van der Waals surface area contributed by atoms with Gasteiger partial charge in [-0.2, -0.15) is 0 Å². The Morgan fingerprint density at radius 2 is 1.93 bits per heavy atom. The van der Waals surface area contributed by atoms with Crippen LogP contribution in [-0.2, 0) is 4.74 Å². The zero-order chi connectivity index (χ0) is 11.3. The Kier molecular flexibility index (Phi) is 5.58. The minimum absolute atomic E-state index is 0.489.